The average molecular weight is 264 g/mol. The van der Waals surface area contributed by atoms with E-state index in [1.807, 2.05) is 0 Å². The van der Waals surface area contributed by atoms with Crippen LogP contribution in [0.4, 0.5) is 0 Å². The minimum atomic E-state index is 0.803. The van der Waals surface area contributed by atoms with Crippen molar-refractivity contribution >= 4 is 14.7 Å². The first-order chi connectivity index (χ1) is 9.43. The van der Waals surface area contributed by atoms with Crippen LogP contribution in [0.1, 0.15) is 30.7 Å². The number of hydrogen-bond donors (Lipinski definition) is 0. The first-order valence-electron chi connectivity index (χ1n) is 7.27. The normalized spacial score (nSPS) is 22.5. The van der Waals surface area contributed by atoms with E-state index in [0.717, 1.165) is 21.4 Å². The average Bonchev–Trinajstić information content (AvgIpc) is 2.95. The van der Waals surface area contributed by atoms with Crippen LogP contribution in [0.3, 0.4) is 0 Å². The van der Waals surface area contributed by atoms with E-state index in [2.05, 4.69) is 60.7 Å². The maximum absolute atomic E-state index is 2.31. The Morgan fingerprint density at radius 1 is 0.842 bits per heavy atom. The fourth-order valence-corrected chi connectivity index (χ4v) is 4.64. The maximum atomic E-state index is 2.31. The minimum absolute atomic E-state index is 0.803. The molecular weight excluding hydrogens is 244 g/mol. The predicted octanol–water partition coefficient (Wildman–Crippen LogP) is 4.02. The zero-order valence-corrected chi connectivity index (χ0v) is 12.3. The summed E-state index contributed by atoms with van der Waals surface area (Å²) < 4.78 is 0. The van der Waals surface area contributed by atoms with E-state index in [4.69, 9.17) is 0 Å². The second-order valence-corrected chi connectivity index (χ2v) is 6.79. The van der Waals surface area contributed by atoms with Gasteiger partial charge in [0.05, 0.1) is 9.52 Å². The molecular formula is C18H20Si. The van der Waals surface area contributed by atoms with Crippen molar-refractivity contribution in [3.63, 3.8) is 0 Å². The summed E-state index contributed by atoms with van der Waals surface area (Å²) in [4.78, 5) is 0. The standard InChI is InChI=1S/C18H20Si/c1-3-8-15(9-4-1)18-13-7-10-16(18)14-19-17-11-5-2-6-12-17/h1-6,8-9,11-12,16,18H,7,10,13-14H2/t16-,18-/m1/s1. The van der Waals surface area contributed by atoms with Gasteiger partial charge in [-0.2, -0.15) is 0 Å². The van der Waals surface area contributed by atoms with Gasteiger partial charge in [0.1, 0.15) is 0 Å². The first-order valence-corrected chi connectivity index (χ1v) is 8.48. The second-order valence-electron chi connectivity index (χ2n) is 5.46. The third-order valence-corrected chi connectivity index (χ3v) is 5.70. The van der Waals surface area contributed by atoms with Crippen molar-refractivity contribution in [1.29, 1.82) is 0 Å². The lowest BCUT2D eigenvalue weighted by molar-refractivity contribution is 0.532. The third-order valence-electron chi connectivity index (χ3n) is 4.23. The lowest BCUT2D eigenvalue weighted by atomic mass is 9.90. The summed E-state index contributed by atoms with van der Waals surface area (Å²) in [6, 6.07) is 23.4. The highest BCUT2D eigenvalue weighted by molar-refractivity contribution is 6.53. The van der Waals surface area contributed by atoms with Crippen LogP contribution in [0.15, 0.2) is 60.7 Å². The van der Waals surface area contributed by atoms with Gasteiger partial charge in [-0.1, -0.05) is 84.7 Å². The van der Waals surface area contributed by atoms with Crippen molar-refractivity contribution < 1.29 is 0 Å². The molecule has 3 rings (SSSR count). The molecule has 2 aromatic rings. The molecule has 0 aliphatic heterocycles. The largest absolute Gasteiger partial charge is 0.0811 e. The predicted molar refractivity (Wildman–Crippen MR) is 83.2 cm³/mol. The molecule has 0 nitrogen and oxygen atoms in total. The van der Waals surface area contributed by atoms with Gasteiger partial charge in [0.2, 0.25) is 0 Å². The highest BCUT2D eigenvalue weighted by atomic mass is 28.2. The van der Waals surface area contributed by atoms with Crippen LogP contribution >= 0.6 is 0 Å². The Hall–Kier alpha value is -1.34. The van der Waals surface area contributed by atoms with Gasteiger partial charge in [0.25, 0.3) is 0 Å². The van der Waals surface area contributed by atoms with Crippen molar-refractivity contribution in [1.82, 2.24) is 0 Å². The van der Waals surface area contributed by atoms with E-state index < -0.39 is 0 Å². The Morgan fingerprint density at radius 2 is 1.53 bits per heavy atom. The second kappa shape index (κ2) is 6.20. The van der Waals surface area contributed by atoms with Gasteiger partial charge >= 0.3 is 0 Å². The number of rotatable bonds is 4. The van der Waals surface area contributed by atoms with Crippen molar-refractivity contribution in [2.24, 2.45) is 5.92 Å². The van der Waals surface area contributed by atoms with Crippen LogP contribution in [0.25, 0.3) is 0 Å². The summed E-state index contributed by atoms with van der Waals surface area (Å²) in [5.41, 5.74) is 1.56. The molecule has 0 heterocycles. The quantitative estimate of drug-likeness (QED) is 0.732. The van der Waals surface area contributed by atoms with Gasteiger partial charge in [-0.25, -0.2) is 0 Å². The van der Waals surface area contributed by atoms with Gasteiger partial charge in [-0.05, 0) is 23.8 Å². The van der Waals surface area contributed by atoms with E-state index in [9.17, 15) is 0 Å². The van der Waals surface area contributed by atoms with Gasteiger partial charge in [-0.15, -0.1) is 0 Å². The van der Waals surface area contributed by atoms with E-state index in [0.29, 0.717) is 0 Å². The minimum Gasteiger partial charge on any atom is -0.0642 e. The molecule has 0 amide bonds. The van der Waals surface area contributed by atoms with Crippen LogP contribution in [0.2, 0.25) is 6.04 Å². The Balaban J connectivity index is 1.64. The van der Waals surface area contributed by atoms with Crippen molar-refractivity contribution in [3.8, 4) is 0 Å². The van der Waals surface area contributed by atoms with Gasteiger partial charge in [0, 0.05) is 0 Å². The Labute approximate surface area is 118 Å². The molecule has 1 aliphatic rings. The molecule has 0 bridgehead atoms. The Bertz CT molecular complexity index is 492. The molecule has 0 saturated heterocycles. The van der Waals surface area contributed by atoms with E-state index >= 15 is 0 Å². The van der Waals surface area contributed by atoms with Crippen LogP contribution < -0.4 is 5.19 Å². The molecule has 0 spiro atoms. The van der Waals surface area contributed by atoms with E-state index in [-0.39, 0.29) is 0 Å². The topological polar surface area (TPSA) is 0 Å². The molecule has 0 aromatic heterocycles. The summed E-state index contributed by atoms with van der Waals surface area (Å²) in [5.74, 6) is 1.69. The highest BCUT2D eigenvalue weighted by Gasteiger charge is 2.27. The maximum Gasteiger partial charge on any atom is 0.0811 e. The molecule has 2 radical (unpaired) electrons. The molecule has 2 atom stereocenters. The zero-order valence-electron chi connectivity index (χ0n) is 11.3. The monoisotopic (exact) mass is 264 g/mol. The van der Waals surface area contributed by atoms with Crippen LogP contribution in [-0.2, 0) is 0 Å². The van der Waals surface area contributed by atoms with Gasteiger partial charge in [-0.3, -0.25) is 0 Å². The lowest BCUT2D eigenvalue weighted by Gasteiger charge is -2.19. The molecule has 2 aromatic carbocycles. The molecule has 19 heavy (non-hydrogen) atoms. The SMILES string of the molecule is c1ccc([Si]C[C@H]2CCC[C@@H]2c2ccccc2)cc1. The van der Waals surface area contributed by atoms with Crippen LogP contribution in [0, 0.1) is 5.92 Å². The molecule has 1 fully saturated rings. The van der Waals surface area contributed by atoms with Crippen molar-refractivity contribution in [2.45, 2.75) is 31.2 Å². The van der Waals surface area contributed by atoms with Gasteiger partial charge in [0.15, 0.2) is 0 Å². The summed E-state index contributed by atoms with van der Waals surface area (Å²) in [5, 5.41) is 1.52. The zero-order chi connectivity index (χ0) is 12.9. The molecule has 0 N–H and O–H groups in total. The Morgan fingerprint density at radius 3 is 2.26 bits per heavy atom. The van der Waals surface area contributed by atoms with Crippen LogP contribution in [-0.4, -0.2) is 9.52 Å². The summed E-state index contributed by atoms with van der Waals surface area (Å²) in [6.07, 6.45) is 4.21. The smallest absolute Gasteiger partial charge is 0.0642 e. The van der Waals surface area contributed by atoms with Crippen molar-refractivity contribution in [2.75, 3.05) is 0 Å². The molecule has 96 valence electrons. The van der Waals surface area contributed by atoms with Crippen LogP contribution in [0.5, 0.6) is 0 Å². The fourth-order valence-electron chi connectivity index (χ4n) is 3.23. The lowest BCUT2D eigenvalue weighted by Crippen LogP contribution is -2.18. The van der Waals surface area contributed by atoms with Gasteiger partial charge < -0.3 is 0 Å². The molecule has 1 saturated carbocycles. The number of benzene rings is 2. The fraction of sp³-hybridized carbons (Fsp3) is 0.333. The molecule has 0 unspecified atom stereocenters. The van der Waals surface area contributed by atoms with E-state index in [1.165, 1.54) is 30.5 Å². The highest BCUT2D eigenvalue weighted by Crippen LogP contribution is 2.41. The first kappa shape index (κ1) is 12.7. The number of hydrogen-bond acceptors (Lipinski definition) is 0. The third kappa shape index (κ3) is 3.16. The molecule has 1 heteroatoms. The summed E-state index contributed by atoms with van der Waals surface area (Å²) in [7, 11) is 0.969. The van der Waals surface area contributed by atoms with E-state index in [1.54, 1.807) is 5.56 Å². The summed E-state index contributed by atoms with van der Waals surface area (Å²) in [6.45, 7) is 0. The Kier molecular flexibility index (Phi) is 4.14. The van der Waals surface area contributed by atoms with Crippen molar-refractivity contribution in [3.05, 3.63) is 66.2 Å². The summed E-state index contributed by atoms with van der Waals surface area (Å²) >= 11 is 0. The molecule has 1 aliphatic carbocycles.